The van der Waals surface area contributed by atoms with Crippen LogP contribution in [0.5, 0.6) is 0 Å². The van der Waals surface area contributed by atoms with Gasteiger partial charge in [-0.15, -0.1) is 0 Å². The van der Waals surface area contributed by atoms with E-state index >= 15 is 0 Å². The van der Waals surface area contributed by atoms with E-state index in [1.165, 1.54) is 0 Å². The summed E-state index contributed by atoms with van der Waals surface area (Å²) in [7, 11) is -4.00. The van der Waals surface area contributed by atoms with Crippen molar-refractivity contribution >= 4 is 10.1 Å². The van der Waals surface area contributed by atoms with Crippen LogP contribution in [-0.2, 0) is 14.9 Å². The molecule has 1 atom stereocenters. The Kier molecular flexibility index (Phi) is 5.17. The van der Waals surface area contributed by atoms with Gasteiger partial charge in [-0.05, 0) is 12.8 Å². The van der Waals surface area contributed by atoms with E-state index < -0.39 is 10.1 Å². The van der Waals surface area contributed by atoms with Gasteiger partial charge < -0.3 is 9.29 Å². The maximum absolute atomic E-state index is 10.0. The summed E-state index contributed by atoms with van der Waals surface area (Å²) in [5.41, 5.74) is 0. The van der Waals surface area contributed by atoms with Crippen LogP contribution in [0.3, 0.4) is 0 Å². The van der Waals surface area contributed by atoms with Crippen molar-refractivity contribution in [2.75, 3.05) is 12.4 Å². The summed E-state index contributed by atoms with van der Waals surface area (Å²) in [4.78, 5) is 0. The second-order valence-corrected chi connectivity index (χ2v) is 3.88. The predicted molar refractivity (Wildman–Crippen MR) is 33.5 cm³/mol. The Labute approximate surface area is 88.3 Å². The molecule has 0 saturated carbocycles. The van der Waals surface area contributed by atoms with Gasteiger partial charge in [-0.3, -0.25) is 0 Å². The van der Waals surface area contributed by atoms with Crippen molar-refractivity contribution < 1.29 is 47.3 Å². The van der Waals surface area contributed by atoms with Crippen molar-refractivity contribution in [3.05, 3.63) is 0 Å². The Morgan fingerprint density at radius 1 is 1.55 bits per heavy atom. The summed E-state index contributed by atoms with van der Waals surface area (Å²) < 4.78 is 34.9. The molecule has 0 aliphatic carbocycles. The minimum Gasteiger partial charge on any atom is -0.748 e. The summed E-state index contributed by atoms with van der Waals surface area (Å²) in [5.74, 6) is -0.257. The maximum atomic E-state index is 10.0. The first kappa shape index (κ1) is 11.9. The molecule has 6 heteroatoms. The van der Waals surface area contributed by atoms with Crippen LogP contribution >= 0.6 is 0 Å². The van der Waals surface area contributed by atoms with E-state index in [0.717, 1.165) is 6.61 Å². The molecule has 0 N–H and O–H groups in total. The molecule has 60 valence electrons. The van der Waals surface area contributed by atoms with Gasteiger partial charge in [0.15, 0.2) is 0 Å². The number of epoxide rings is 1. The monoisotopic (exact) mass is 188 g/mol. The van der Waals surface area contributed by atoms with Crippen molar-refractivity contribution in [3.63, 3.8) is 0 Å². The Morgan fingerprint density at radius 2 is 2.09 bits per heavy atom. The molecular formula is C5H9NaO4S. The molecule has 0 aromatic carbocycles. The van der Waals surface area contributed by atoms with Crippen LogP contribution in [0.25, 0.3) is 0 Å². The van der Waals surface area contributed by atoms with Crippen LogP contribution in [0.2, 0.25) is 0 Å². The van der Waals surface area contributed by atoms with Gasteiger partial charge in [0.1, 0.15) is 0 Å². The fourth-order valence-corrected chi connectivity index (χ4v) is 1.24. The third-order valence-electron chi connectivity index (χ3n) is 1.32. The summed E-state index contributed by atoms with van der Waals surface area (Å²) >= 11 is 0. The molecule has 0 spiro atoms. The summed E-state index contributed by atoms with van der Waals surface area (Å²) in [5, 5.41) is 0. The minimum absolute atomic E-state index is 0. The topological polar surface area (TPSA) is 69.7 Å². The smallest absolute Gasteiger partial charge is 0.748 e. The van der Waals surface area contributed by atoms with Gasteiger partial charge in [-0.2, -0.15) is 0 Å². The van der Waals surface area contributed by atoms with Crippen LogP contribution in [0.15, 0.2) is 0 Å². The molecule has 0 aromatic heterocycles. The largest absolute Gasteiger partial charge is 1.00 e. The maximum Gasteiger partial charge on any atom is 1.00 e. The summed E-state index contributed by atoms with van der Waals surface area (Å²) in [6, 6.07) is 0. The third-order valence-corrected chi connectivity index (χ3v) is 2.11. The SMILES string of the molecule is O=S(=O)([O-])CCCC1CO1.[Na+]. The van der Waals surface area contributed by atoms with Gasteiger partial charge in [-0.25, -0.2) is 8.42 Å². The van der Waals surface area contributed by atoms with Crippen molar-refractivity contribution in [1.29, 1.82) is 0 Å². The van der Waals surface area contributed by atoms with Crippen LogP contribution in [0.1, 0.15) is 12.8 Å². The van der Waals surface area contributed by atoms with Crippen LogP contribution in [-0.4, -0.2) is 31.4 Å². The van der Waals surface area contributed by atoms with E-state index in [1.807, 2.05) is 0 Å². The Hall–Kier alpha value is 0.870. The van der Waals surface area contributed by atoms with Gasteiger partial charge >= 0.3 is 29.6 Å². The Balaban J connectivity index is 0.000001000. The number of hydrogen-bond donors (Lipinski definition) is 0. The second-order valence-electron chi connectivity index (χ2n) is 2.36. The molecule has 0 aromatic rings. The molecule has 1 fully saturated rings. The normalized spacial score (nSPS) is 22.5. The van der Waals surface area contributed by atoms with Crippen molar-refractivity contribution in [2.24, 2.45) is 0 Å². The van der Waals surface area contributed by atoms with Crippen LogP contribution < -0.4 is 29.6 Å². The molecule has 0 bridgehead atoms. The van der Waals surface area contributed by atoms with E-state index in [9.17, 15) is 13.0 Å². The molecule has 1 rings (SSSR count). The molecule has 1 saturated heterocycles. The molecular weight excluding hydrogens is 179 g/mol. The van der Waals surface area contributed by atoms with Crippen LogP contribution in [0.4, 0.5) is 0 Å². The van der Waals surface area contributed by atoms with E-state index in [0.29, 0.717) is 12.8 Å². The molecule has 11 heavy (non-hydrogen) atoms. The zero-order valence-corrected chi connectivity index (χ0v) is 9.26. The van der Waals surface area contributed by atoms with E-state index in [2.05, 4.69) is 0 Å². The Morgan fingerprint density at radius 3 is 2.45 bits per heavy atom. The van der Waals surface area contributed by atoms with Crippen molar-refractivity contribution in [3.8, 4) is 0 Å². The molecule has 0 amide bonds. The number of rotatable bonds is 4. The second kappa shape index (κ2) is 4.79. The quantitative estimate of drug-likeness (QED) is 0.263. The summed E-state index contributed by atoms with van der Waals surface area (Å²) in [6.45, 7) is 0.721. The Bertz CT molecular complexity index is 197. The predicted octanol–water partition coefficient (Wildman–Crippen LogP) is -3.29. The number of ether oxygens (including phenoxy) is 1. The minimum atomic E-state index is -4.00. The molecule has 1 aliphatic heterocycles. The molecule has 1 aliphatic rings. The van der Waals surface area contributed by atoms with E-state index in [-0.39, 0.29) is 41.4 Å². The van der Waals surface area contributed by atoms with Gasteiger partial charge in [0.25, 0.3) is 0 Å². The van der Waals surface area contributed by atoms with E-state index in [4.69, 9.17) is 4.74 Å². The average Bonchev–Trinajstić information content (AvgIpc) is 2.45. The van der Waals surface area contributed by atoms with Gasteiger partial charge in [-0.1, -0.05) is 0 Å². The third kappa shape index (κ3) is 7.24. The first-order valence-electron chi connectivity index (χ1n) is 3.13. The fraction of sp³-hybridized carbons (Fsp3) is 1.00. The zero-order valence-electron chi connectivity index (χ0n) is 6.45. The van der Waals surface area contributed by atoms with Crippen LogP contribution in [0, 0.1) is 0 Å². The molecule has 4 nitrogen and oxygen atoms in total. The molecule has 1 heterocycles. The zero-order chi connectivity index (χ0) is 7.61. The fourth-order valence-electron chi connectivity index (χ4n) is 0.722. The van der Waals surface area contributed by atoms with Gasteiger partial charge in [0, 0.05) is 5.75 Å². The molecule has 0 radical (unpaired) electrons. The van der Waals surface area contributed by atoms with Crippen molar-refractivity contribution in [1.82, 2.24) is 0 Å². The van der Waals surface area contributed by atoms with E-state index in [1.54, 1.807) is 0 Å². The number of hydrogen-bond acceptors (Lipinski definition) is 4. The average molecular weight is 188 g/mol. The molecule has 1 unspecified atom stereocenters. The summed E-state index contributed by atoms with van der Waals surface area (Å²) in [6.07, 6.45) is 1.35. The standard InChI is InChI=1S/C5H10O4S.Na/c6-10(7,8)3-1-2-5-4-9-5;/h5H,1-4H2,(H,6,7,8);/q;+1/p-1. The van der Waals surface area contributed by atoms with Crippen molar-refractivity contribution in [2.45, 2.75) is 18.9 Å². The first-order valence-corrected chi connectivity index (χ1v) is 4.71. The first-order chi connectivity index (χ1) is 4.58. The van der Waals surface area contributed by atoms with Gasteiger partial charge in [0.05, 0.1) is 22.8 Å². The van der Waals surface area contributed by atoms with Gasteiger partial charge in [0.2, 0.25) is 0 Å².